The van der Waals surface area contributed by atoms with E-state index in [-0.39, 0.29) is 5.56 Å². The average Bonchev–Trinajstić information content (AvgIpc) is 2.63. The van der Waals surface area contributed by atoms with E-state index in [0.717, 1.165) is 28.6 Å². The summed E-state index contributed by atoms with van der Waals surface area (Å²) >= 11 is 0. The second kappa shape index (κ2) is 7.47. The number of hydrogen-bond donors (Lipinski definition) is 1. The molecule has 0 bridgehead atoms. The average molecular weight is 369 g/mol. The fourth-order valence-corrected chi connectivity index (χ4v) is 3.17. The number of rotatable bonds is 4. The summed E-state index contributed by atoms with van der Waals surface area (Å²) in [6.07, 6.45) is -4.39. The summed E-state index contributed by atoms with van der Waals surface area (Å²) in [5.74, 6) is 0.336. The van der Waals surface area contributed by atoms with Gasteiger partial charge in [0.05, 0.1) is 5.56 Å². The summed E-state index contributed by atoms with van der Waals surface area (Å²) in [7, 11) is 0. The molecule has 3 rings (SSSR count). The van der Waals surface area contributed by atoms with Gasteiger partial charge in [-0.25, -0.2) is 0 Å². The molecule has 0 unspecified atom stereocenters. The summed E-state index contributed by atoms with van der Waals surface area (Å²) in [4.78, 5) is 0. The molecule has 0 saturated carbocycles. The predicted octanol–water partition coefficient (Wildman–Crippen LogP) is 7.55. The Morgan fingerprint density at radius 2 is 1.48 bits per heavy atom. The number of aryl methyl sites for hydroxylation is 1. The molecule has 3 aromatic rings. The van der Waals surface area contributed by atoms with Crippen molar-refractivity contribution in [3.8, 4) is 11.1 Å². The first-order valence-electron chi connectivity index (χ1n) is 8.90. The van der Waals surface area contributed by atoms with Crippen LogP contribution in [0.25, 0.3) is 11.1 Å². The van der Waals surface area contributed by atoms with Gasteiger partial charge in [0.2, 0.25) is 0 Å². The van der Waals surface area contributed by atoms with Crippen molar-refractivity contribution in [3.63, 3.8) is 0 Å². The Balaban J connectivity index is 2.05. The van der Waals surface area contributed by atoms with Gasteiger partial charge in [-0.2, -0.15) is 13.2 Å². The quantitative estimate of drug-likeness (QED) is 0.501. The normalized spacial score (nSPS) is 11.7. The largest absolute Gasteiger partial charge is 0.417 e. The third-order valence-electron chi connectivity index (χ3n) is 4.63. The second-order valence-corrected chi connectivity index (χ2v) is 6.94. The molecule has 0 spiro atoms. The van der Waals surface area contributed by atoms with Crippen molar-refractivity contribution in [2.24, 2.45) is 0 Å². The van der Waals surface area contributed by atoms with Gasteiger partial charge in [0, 0.05) is 11.4 Å². The van der Waals surface area contributed by atoms with Crippen LogP contribution >= 0.6 is 0 Å². The number of alkyl halides is 3. The molecule has 3 aromatic carbocycles. The van der Waals surface area contributed by atoms with Gasteiger partial charge in [-0.05, 0) is 53.3 Å². The number of benzene rings is 3. The zero-order chi connectivity index (χ0) is 19.6. The van der Waals surface area contributed by atoms with Crippen LogP contribution in [0.15, 0.2) is 66.7 Å². The van der Waals surface area contributed by atoms with Crippen LogP contribution in [0.4, 0.5) is 24.5 Å². The summed E-state index contributed by atoms with van der Waals surface area (Å²) in [6, 6.07) is 19.0. The maximum Gasteiger partial charge on any atom is 0.417 e. The molecule has 0 aliphatic heterocycles. The van der Waals surface area contributed by atoms with E-state index in [4.69, 9.17) is 0 Å². The Kier molecular flexibility index (Phi) is 5.26. The van der Waals surface area contributed by atoms with Crippen molar-refractivity contribution < 1.29 is 13.2 Å². The second-order valence-electron chi connectivity index (χ2n) is 6.94. The number of halogens is 3. The molecule has 1 nitrogen and oxygen atoms in total. The van der Waals surface area contributed by atoms with Gasteiger partial charge in [-0.15, -0.1) is 0 Å². The van der Waals surface area contributed by atoms with Gasteiger partial charge in [0.15, 0.2) is 0 Å². The first-order valence-corrected chi connectivity index (χ1v) is 8.90. The standard InChI is InChI=1S/C23H22F3N/c1-15(2)18-8-5-7-11-21(18)27-22-14-17(13-12-16(22)3)19-9-4-6-10-20(19)23(24,25)26/h4-15,27H,1-3H3. The van der Waals surface area contributed by atoms with E-state index in [2.05, 4.69) is 25.2 Å². The molecule has 0 aliphatic carbocycles. The summed E-state index contributed by atoms with van der Waals surface area (Å²) in [5, 5.41) is 3.41. The van der Waals surface area contributed by atoms with E-state index in [1.54, 1.807) is 18.2 Å². The van der Waals surface area contributed by atoms with Crippen molar-refractivity contribution in [2.75, 3.05) is 5.32 Å². The van der Waals surface area contributed by atoms with E-state index < -0.39 is 11.7 Å². The molecule has 1 N–H and O–H groups in total. The molecule has 27 heavy (non-hydrogen) atoms. The summed E-state index contributed by atoms with van der Waals surface area (Å²) in [6.45, 7) is 6.17. The third kappa shape index (κ3) is 4.16. The first kappa shape index (κ1) is 19.0. The smallest absolute Gasteiger partial charge is 0.355 e. The fourth-order valence-electron chi connectivity index (χ4n) is 3.17. The van der Waals surface area contributed by atoms with Crippen LogP contribution in [0.5, 0.6) is 0 Å². The van der Waals surface area contributed by atoms with Crippen LogP contribution in [0.1, 0.15) is 36.5 Å². The molecule has 0 fully saturated rings. The van der Waals surface area contributed by atoms with Gasteiger partial charge in [0.25, 0.3) is 0 Å². The molecule has 0 amide bonds. The molecule has 0 atom stereocenters. The molecule has 0 radical (unpaired) electrons. The minimum absolute atomic E-state index is 0.185. The van der Waals surface area contributed by atoms with Crippen LogP contribution in [-0.2, 0) is 6.18 Å². The summed E-state index contributed by atoms with van der Waals surface area (Å²) < 4.78 is 40.2. The highest BCUT2D eigenvalue weighted by Gasteiger charge is 2.33. The Hall–Kier alpha value is -2.75. The Labute approximate surface area is 157 Å². The lowest BCUT2D eigenvalue weighted by Gasteiger charge is -2.18. The number of hydrogen-bond acceptors (Lipinski definition) is 1. The van der Waals surface area contributed by atoms with Crippen molar-refractivity contribution in [1.82, 2.24) is 0 Å². The van der Waals surface area contributed by atoms with Crippen LogP contribution in [0.3, 0.4) is 0 Å². The van der Waals surface area contributed by atoms with Crippen molar-refractivity contribution in [1.29, 1.82) is 0 Å². The molecule has 0 aliphatic rings. The van der Waals surface area contributed by atoms with Crippen molar-refractivity contribution >= 4 is 11.4 Å². The third-order valence-corrected chi connectivity index (χ3v) is 4.63. The maximum absolute atomic E-state index is 13.4. The minimum Gasteiger partial charge on any atom is -0.355 e. The number of anilines is 2. The molecule has 140 valence electrons. The van der Waals surface area contributed by atoms with Gasteiger partial charge in [0.1, 0.15) is 0 Å². The first-order chi connectivity index (χ1) is 12.8. The van der Waals surface area contributed by atoms with Crippen LogP contribution in [0.2, 0.25) is 0 Å². The van der Waals surface area contributed by atoms with Crippen LogP contribution < -0.4 is 5.32 Å². The molecule has 0 saturated heterocycles. The van der Waals surface area contributed by atoms with Crippen molar-refractivity contribution in [2.45, 2.75) is 32.9 Å². The lowest BCUT2D eigenvalue weighted by atomic mass is 9.97. The van der Waals surface area contributed by atoms with Gasteiger partial charge in [-0.1, -0.05) is 62.4 Å². The predicted molar refractivity (Wildman–Crippen MR) is 105 cm³/mol. The van der Waals surface area contributed by atoms with E-state index >= 15 is 0 Å². The molecule has 4 heteroatoms. The monoisotopic (exact) mass is 369 g/mol. The molecule has 0 aromatic heterocycles. The highest BCUT2D eigenvalue weighted by Crippen LogP contribution is 2.38. The van der Waals surface area contributed by atoms with Crippen LogP contribution in [0, 0.1) is 6.92 Å². The lowest BCUT2D eigenvalue weighted by molar-refractivity contribution is -0.137. The van der Waals surface area contributed by atoms with Crippen LogP contribution in [-0.4, -0.2) is 0 Å². The topological polar surface area (TPSA) is 12.0 Å². The van der Waals surface area contributed by atoms with E-state index in [9.17, 15) is 13.2 Å². The van der Waals surface area contributed by atoms with Gasteiger partial charge < -0.3 is 5.32 Å². The van der Waals surface area contributed by atoms with Crippen molar-refractivity contribution in [3.05, 3.63) is 83.4 Å². The fraction of sp³-hybridized carbons (Fsp3) is 0.217. The lowest BCUT2D eigenvalue weighted by Crippen LogP contribution is -2.07. The summed E-state index contributed by atoms with van der Waals surface area (Å²) in [5.41, 5.74) is 4.01. The highest BCUT2D eigenvalue weighted by atomic mass is 19.4. The molecular formula is C23H22F3N. The maximum atomic E-state index is 13.4. The van der Waals surface area contributed by atoms with E-state index in [0.29, 0.717) is 11.5 Å². The van der Waals surface area contributed by atoms with Gasteiger partial charge >= 0.3 is 6.18 Å². The zero-order valence-corrected chi connectivity index (χ0v) is 15.6. The number of nitrogens with one attached hydrogen (secondary N) is 1. The molecule has 0 heterocycles. The molecular weight excluding hydrogens is 347 g/mol. The zero-order valence-electron chi connectivity index (χ0n) is 15.6. The minimum atomic E-state index is -4.39. The van der Waals surface area contributed by atoms with E-state index in [1.165, 1.54) is 12.1 Å². The van der Waals surface area contributed by atoms with Gasteiger partial charge in [-0.3, -0.25) is 0 Å². The van der Waals surface area contributed by atoms with E-state index in [1.807, 2.05) is 31.2 Å². The Bertz CT molecular complexity index is 942. The SMILES string of the molecule is Cc1ccc(-c2ccccc2C(F)(F)F)cc1Nc1ccccc1C(C)C. The highest BCUT2D eigenvalue weighted by molar-refractivity contribution is 5.76. The Morgan fingerprint density at radius 3 is 2.19 bits per heavy atom. The Morgan fingerprint density at radius 1 is 0.815 bits per heavy atom. The number of para-hydroxylation sites is 1.